The van der Waals surface area contributed by atoms with Crippen molar-refractivity contribution >= 4 is 0 Å². The molecule has 1 saturated carbocycles. The molecule has 0 aromatic rings. The SMILES string of the molecule is CCC(C)CC(C)C1CC2C=CC1C2. The second-order valence-corrected chi connectivity index (χ2v) is 5.67. The van der Waals surface area contributed by atoms with Crippen molar-refractivity contribution in [3.8, 4) is 0 Å². The van der Waals surface area contributed by atoms with Gasteiger partial charge in [0.15, 0.2) is 0 Å². The van der Waals surface area contributed by atoms with Gasteiger partial charge in [-0.3, -0.25) is 0 Å². The predicted octanol–water partition coefficient (Wildman–Crippen LogP) is 4.27. The molecule has 0 nitrogen and oxygen atoms in total. The molecule has 0 N–H and O–H groups in total. The van der Waals surface area contributed by atoms with E-state index in [9.17, 15) is 0 Å². The summed E-state index contributed by atoms with van der Waals surface area (Å²) in [6.45, 7) is 7.20. The van der Waals surface area contributed by atoms with Gasteiger partial charge in [0.05, 0.1) is 0 Å². The minimum Gasteiger partial charge on any atom is -0.0851 e. The Kier molecular flexibility index (Phi) is 2.99. The van der Waals surface area contributed by atoms with Gasteiger partial charge in [-0.05, 0) is 48.9 Å². The Morgan fingerprint density at radius 1 is 1.21 bits per heavy atom. The monoisotopic (exact) mass is 192 g/mol. The fourth-order valence-electron chi connectivity index (χ4n) is 3.45. The average Bonchev–Trinajstić information content (AvgIpc) is 2.78. The first kappa shape index (κ1) is 10.3. The van der Waals surface area contributed by atoms with Crippen LogP contribution in [0.5, 0.6) is 0 Å². The topological polar surface area (TPSA) is 0 Å². The van der Waals surface area contributed by atoms with Gasteiger partial charge in [-0.25, -0.2) is 0 Å². The number of allylic oxidation sites excluding steroid dienone is 2. The van der Waals surface area contributed by atoms with Gasteiger partial charge in [0.25, 0.3) is 0 Å². The maximum absolute atomic E-state index is 2.49. The molecule has 5 unspecified atom stereocenters. The van der Waals surface area contributed by atoms with Gasteiger partial charge in [-0.1, -0.05) is 39.3 Å². The first-order chi connectivity index (χ1) is 6.70. The van der Waals surface area contributed by atoms with E-state index in [4.69, 9.17) is 0 Å². The van der Waals surface area contributed by atoms with Crippen LogP contribution in [0.25, 0.3) is 0 Å². The summed E-state index contributed by atoms with van der Waals surface area (Å²) in [5, 5.41) is 0. The van der Waals surface area contributed by atoms with E-state index >= 15 is 0 Å². The summed E-state index contributed by atoms with van der Waals surface area (Å²) < 4.78 is 0. The molecule has 2 rings (SSSR count). The maximum Gasteiger partial charge on any atom is -0.0197 e. The van der Waals surface area contributed by atoms with E-state index in [1.54, 1.807) is 0 Å². The van der Waals surface area contributed by atoms with Gasteiger partial charge in [-0.2, -0.15) is 0 Å². The first-order valence-corrected chi connectivity index (χ1v) is 6.39. The average molecular weight is 192 g/mol. The zero-order chi connectivity index (χ0) is 10.1. The number of hydrogen-bond acceptors (Lipinski definition) is 0. The fourth-order valence-corrected chi connectivity index (χ4v) is 3.45. The lowest BCUT2D eigenvalue weighted by molar-refractivity contribution is 0.258. The fraction of sp³-hybridized carbons (Fsp3) is 0.857. The molecule has 0 aliphatic heterocycles. The van der Waals surface area contributed by atoms with Crippen LogP contribution in [0, 0.1) is 29.6 Å². The van der Waals surface area contributed by atoms with Crippen molar-refractivity contribution in [2.75, 3.05) is 0 Å². The summed E-state index contributed by atoms with van der Waals surface area (Å²) >= 11 is 0. The zero-order valence-corrected chi connectivity index (χ0v) is 9.87. The van der Waals surface area contributed by atoms with Gasteiger partial charge in [0, 0.05) is 0 Å². The highest BCUT2D eigenvalue weighted by Crippen LogP contribution is 2.47. The minimum absolute atomic E-state index is 0.924. The first-order valence-electron chi connectivity index (χ1n) is 6.39. The van der Waals surface area contributed by atoms with E-state index in [-0.39, 0.29) is 0 Å². The highest BCUT2D eigenvalue weighted by atomic mass is 14.4. The van der Waals surface area contributed by atoms with Crippen LogP contribution < -0.4 is 0 Å². The number of rotatable bonds is 4. The molecule has 0 heterocycles. The summed E-state index contributed by atoms with van der Waals surface area (Å²) in [5.74, 6) is 4.78. The molecule has 2 bridgehead atoms. The summed E-state index contributed by atoms with van der Waals surface area (Å²) in [6.07, 6.45) is 10.7. The van der Waals surface area contributed by atoms with E-state index in [0.29, 0.717) is 0 Å². The lowest BCUT2D eigenvalue weighted by atomic mass is 9.78. The van der Waals surface area contributed by atoms with E-state index in [1.807, 2.05) is 0 Å². The van der Waals surface area contributed by atoms with Crippen LogP contribution in [-0.4, -0.2) is 0 Å². The molecule has 0 heteroatoms. The van der Waals surface area contributed by atoms with Crippen LogP contribution >= 0.6 is 0 Å². The Balaban J connectivity index is 1.87. The molecule has 80 valence electrons. The van der Waals surface area contributed by atoms with Crippen molar-refractivity contribution in [3.05, 3.63) is 12.2 Å². The van der Waals surface area contributed by atoms with Gasteiger partial charge >= 0.3 is 0 Å². The highest BCUT2D eigenvalue weighted by molar-refractivity contribution is 5.10. The Hall–Kier alpha value is -0.260. The zero-order valence-electron chi connectivity index (χ0n) is 9.87. The normalized spacial score (nSPS) is 38.9. The molecule has 0 aromatic carbocycles. The molecule has 0 radical (unpaired) electrons. The third-order valence-corrected chi connectivity index (χ3v) is 4.53. The molecule has 2 aliphatic carbocycles. The number of hydrogen-bond donors (Lipinski definition) is 0. The molecule has 0 spiro atoms. The second-order valence-electron chi connectivity index (χ2n) is 5.67. The largest absolute Gasteiger partial charge is 0.0851 e. The van der Waals surface area contributed by atoms with E-state index in [2.05, 4.69) is 32.9 Å². The summed E-state index contributed by atoms with van der Waals surface area (Å²) in [4.78, 5) is 0. The highest BCUT2D eigenvalue weighted by Gasteiger charge is 2.38. The number of fused-ring (bicyclic) bond motifs is 2. The molecule has 5 atom stereocenters. The Bertz CT molecular complexity index is 216. The Morgan fingerprint density at radius 2 is 2.00 bits per heavy atom. The van der Waals surface area contributed by atoms with Crippen LogP contribution in [0.2, 0.25) is 0 Å². The van der Waals surface area contributed by atoms with Gasteiger partial charge in [-0.15, -0.1) is 0 Å². The Morgan fingerprint density at radius 3 is 2.50 bits per heavy atom. The molecular formula is C14H24. The van der Waals surface area contributed by atoms with E-state index in [0.717, 1.165) is 29.6 Å². The van der Waals surface area contributed by atoms with E-state index < -0.39 is 0 Å². The van der Waals surface area contributed by atoms with Crippen LogP contribution in [0.4, 0.5) is 0 Å². The third-order valence-electron chi connectivity index (χ3n) is 4.53. The van der Waals surface area contributed by atoms with Crippen molar-refractivity contribution < 1.29 is 0 Å². The molecule has 0 saturated heterocycles. The third kappa shape index (κ3) is 1.89. The van der Waals surface area contributed by atoms with Gasteiger partial charge in [0.1, 0.15) is 0 Å². The predicted molar refractivity (Wildman–Crippen MR) is 62.1 cm³/mol. The molecule has 0 aromatic heterocycles. The van der Waals surface area contributed by atoms with Crippen LogP contribution in [-0.2, 0) is 0 Å². The van der Waals surface area contributed by atoms with Crippen LogP contribution in [0.15, 0.2) is 12.2 Å². The Labute approximate surface area is 88.8 Å². The summed E-state index contributed by atoms with van der Waals surface area (Å²) in [6, 6.07) is 0. The van der Waals surface area contributed by atoms with Gasteiger partial charge < -0.3 is 0 Å². The quantitative estimate of drug-likeness (QED) is 0.583. The smallest absolute Gasteiger partial charge is 0.0197 e. The van der Waals surface area contributed by atoms with Crippen LogP contribution in [0.3, 0.4) is 0 Å². The van der Waals surface area contributed by atoms with Crippen molar-refractivity contribution in [2.45, 2.75) is 46.5 Å². The lowest BCUT2D eigenvalue weighted by Crippen LogP contribution is -2.18. The van der Waals surface area contributed by atoms with Crippen molar-refractivity contribution in [3.63, 3.8) is 0 Å². The molecule has 14 heavy (non-hydrogen) atoms. The lowest BCUT2D eigenvalue weighted by Gasteiger charge is -2.27. The molecule has 0 amide bonds. The van der Waals surface area contributed by atoms with Crippen molar-refractivity contribution in [2.24, 2.45) is 29.6 Å². The molecule has 2 aliphatic rings. The molecule has 1 fully saturated rings. The van der Waals surface area contributed by atoms with Crippen molar-refractivity contribution in [1.82, 2.24) is 0 Å². The van der Waals surface area contributed by atoms with E-state index in [1.165, 1.54) is 25.7 Å². The summed E-state index contributed by atoms with van der Waals surface area (Å²) in [5.41, 5.74) is 0. The van der Waals surface area contributed by atoms with Crippen LogP contribution in [0.1, 0.15) is 46.5 Å². The minimum atomic E-state index is 0.924. The standard InChI is InChI=1S/C14H24/c1-4-10(2)7-11(3)14-9-12-5-6-13(14)8-12/h5-6,10-14H,4,7-9H2,1-3H3. The molecular weight excluding hydrogens is 168 g/mol. The maximum atomic E-state index is 2.49. The van der Waals surface area contributed by atoms with Crippen molar-refractivity contribution in [1.29, 1.82) is 0 Å². The van der Waals surface area contributed by atoms with Gasteiger partial charge in [0.2, 0.25) is 0 Å². The summed E-state index contributed by atoms with van der Waals surface area (Å²) in [7, 11) is 0. The second kappa shape index (κ2) is 4.08.